The fourth-order valence-electron chi connectivity index (χ4n) is 0. The minimum Gasteiger partial charge on any atom is -0.394 e. The second kappa shape index (κ2) is 12.7. The van der Waals surface area contributed by atoms with Gasteiger partial charge in [-0.2, -0.15) is 0 Å². The fourth-order valence-corrected chi connectivity index (χ4v) is 0. The quantitative estimate of drug-likeness (QED) is 0.646. The number of aliphatic hydroxyl groups excluding tert-OH is 2. The van der Waals surface area contributed by atoms with Gasteiger partial charge < -0.3 is 10.2 Å². The van der Waals surface area contributed by atoms with Crippen LogP contribution in [-0.2, 0) is 0 Å². The maximum absolute atomic E-state index is 7.62. The summed E-state index contributed by atoms with van der Waals surface area (Å²) < 4.78 is 0. The molecule has 0 aliphatic heterocycles. The molecule has 0 aliphatic carbocycles. The van der Waals surface area contributed by atoms with Crippen molar-refractivity contribution in [1.29, 1.82) is 0 Å². The second-order valence-electron chi connectivity index (χ2n) is 0.447. The van der Waals surface area contributed by atoms with E-state index in [1.807, 2.05) is 0 Å². The van der Waals surface area contributed by atoms with E-state index in [4.69, 9.17) is 10.2 Å². The molecule has 0 unspecified atom stereocenters. The summed E-state index contributed by atoms with van der Waals surface area (Å²) >= 11 is 0. The number of hydrogen-bond donors (Lipinski definition) is 2. The minimum absolute atomic E-state index is 0. The van der Waals surface area contributed by atoms with Gasteiger partial charge in [-0.15, -0.1) is 0 Å². The molecule has 0 aromatic carbocycles. The molecule has 0 saturated heterocycles. The third kappa shape index (κ3) is 386. The summed E-state index contributed by atoms with van der Waals surface area (Å²) in [5.74, 6) is 0. The second-order valence-corrected chi connectivity index (χ2v) is 0.447. The predicted molar refractivity (Wildman–Crippen MR) is 14.2 cm³/mol. The van der Waals surface area contributed by atoms with Crippen LogP contribution in [0.25, 0.3) is 0 Å². The maximum atomic E-state index is 7.62. The summed E-state index contributed by atoms with van der Waals surface area (Å²) in [6, 6.07) is 0. The Kier molecular flexibility index (Phi) is 23.1. The Hall–Kier alpha value is -1.08. The van der Waals surface area contributed by atoms with Gasteiger partial charge in [0.2, 0.25) is 0 Å². The molecule has 0 saturated carbocycles. The van der Waals surface area contributed by atoms with Gasteiger partial charge in [-0.1, -0.05) is 0 Å². The average molecular weight is 329 g/mol. The van der Waals surface area contributed by atoms with Gasteiger partial charge in [0.15, 0.2) is 0 Å². The van der Waals surface area contributed by atoms with Gasteiger partial charge in [0.05, 0.1) is 13.2 Å². The minimum atomic E-state index is -0.125. The van der Waals surface area contributed by atoms with E-state index in [-0.39, 0.29) is 13.2 Å². The third-order valence-electron chi connectivity index (χ3n) is 0.1000. The van der Waals surface area contributed by atoms with Crippen LogP contribution in [0.2, 0.25) is 0 Å². The van der Waals surface area contributed by atoms with Crippen molar-refractivity contribution in [3.8, 4) is 0 Å². The first-order chi connectivity index (χ1) is 1.91. The molecule has 0 rings (SSSR count). The zero-order chi connectivity index (χ0) is 3.41. The standard InChI is InChI=1S/C2H6O2.Rf/c3-1-2-4;/h3-4H,1-2H2;. The Bertz CT molecular complexity index is 9.61. The van der Waals surface area contributed by atoms with Crippen molar-refractivity contribution in [3.05, 3.63) is 0 Å². The molecule has 5 heavy (non-hydrogen) atoms. The molecule has 0 aromatic rings. The van der Waals surface area contributed by atoms with Gasteiger partial charge >= 0.3 is 0 Å². The van der Waals surface area contributed by atoms with E-state index < -0.39 is 0 Å². The smallest absolute Gasteiger partial charge is 0.0662 e. The maximum Gasteiger partial charge on any atom is 0.0662 e. The van der Waals surface area contributed by atoms with Crippen molar-refractivity contribution < 1.29 is 10.2 Å². The number of rotatable bonds is 1. The van der Waals surface area contributed by atoms with Crippen LogP contribution >= 0.6 is 0 Å². The molecule has 2 nitrogen and oxygen atoms in total. The van der Waals surface area contributed by atoms with Gasteiger partial charge in [-0.05, 0) is 0 Å². The monoisotopic (exact) mass is 329 g/mol. The molecule has 0 bridgehead atoms. The van der Waals surface area contributed by atoms with Gasteiger partial charge in [0.1, 0.15) is 0 Å². The molecule has 0 amide bonds. The Balaban J connectivity index is 0. The molecule has 0 aliphatic rings. The molecule has 0 aromatic heterocycles. The first-order valence-electron chi connectivity index (χ1n) is 1.13. The van der Waals surface area contributed by atoms with E-state index in [1.54, 1.807) is 0 Å². The van der Waals surface area contributed by atoms with Crippen LogP contribution in [0.5, 0.6) is 0 Å². The van der Waals surface area contributed by atoms with E-state index >= 15 is 0 Å². The fraction of sp³-hybridized carbons (Fsp3) is 1.00. The Morgan fingerprint density at radius 3 is 1.20 bits per heavy atom. The van der Waals surface area contributed by atoms with Crippen molar-refractivity contribution in [3.63, 3.8) is 0 Å². The zero-order valence-electron chi connectivity index (χ0n) is 3.02. The zero-order valence-corrected chi connectivity index (χ0v) is 9.41. The summed E-state index contributed by atoms with van der Waals surface area (Å²) in [7, 11) is 0. The van der Waals surface area contributed by atoms with Gasteiger partial charge in [-0.3, -0.25) is 0 Å². The Morgan fingerprint density at radius 1 is 1.00 bits per heavy atom. The van der Waals surface area contributed by atoms with Crippen molar-refractivity contribution in [2.75, 3.05) is 13.2 Å². The topological polar surface area (TPSA) is 40.5 Å². The molecule has 3 heteroatoms. The van der Waals surface area contributed by atoms with Crippen LogP contribution in [0.1, 0.15) is 0 Å². The summed E-state index contributed by atoms with van der Waals surface area (Å²) in [6.07, 6.45) is 0. The molecular weight excluding hydrogens is 323 g/mol. The molecular formula is C2H6O2Rf. The van der Waals surface area contributed by atoms with Crippen LogP contribution in [0.15, 0.2) is 0 Å². The van der Waals surface area contributed by atoms with Gasteiger partial charge in [-0.25, -0.2) is 0 Å². The molecule has 0 fully saturated rings. The first kappa shape index (κ1) is 9.07. The first-order valence-corrected chi connectivity index (χ1v) is 1.13. The van der Waals surface area contributed by atoms with Crippen molar-refractivity contribution >= 4 is 0 Å². The summed E-state index contributed by atoms with van der Waals surface area (Å²) in [5.41, 5.74) is 0. The van der Waals surface area contributed by atoms with E-state index in [1.165, 1.54) is 0 Å². The largest absolute Gasteiger partial charge is 0.394 e. The SMILES string of the molecule is OCCO.[Rf]. The third-order valence-corrected chi connectivity index (χ3v) is 0.1000. The van der Waals surface area contributed by atoms with E-state index in [0.717, 1.165) is 0 Å². The summed E-state index contributed by atoms with van der Waals surface area (Å²) in [5, 5.41) is 15.2. The molecule has 0 atom stereocenters. The van der Waals surface area contributed by atoms with Crippen LogP contribution in [0.4, 0.5) is 0 Å². The van der Waals surface area contributed by atoms with Crippen LogP contribution in [-0.4, -0.2) is 23.4 Å². The van der Waals surface area contributed by atoms with E-state index in [9.17, 15) is 0 Å². The molecule has 0 heterocycles. The van der Waals surface area contributed by atoms with E-state index in [0.29, 0.717) is 0 Å². The van der Waals surface area contributed by atoms with Crippen LogP contribution in [0.3, 0.4) is 0 Å². The Labute approximate surface area is 24.7 Å². The number of hydrogen-bond acceptors (Lipinski definition) is 2. The van der Waals surface area contributed by atoms with Crippen molar-refractivity contribution in [2.24, 2.45) is 0 Å². The van der Waals surface area contributed by atoms with Crippen LogP contribution < -0.4 is 0 Å². The van der Waals surface area contributed by atoms with E-state index in [2.05, 4.69) is 0 Å². The van der Waals surface area contributed by atoms with Crippen molar-refractivity contribution in [2.45, 2.75) is 0 Å². The predicted octanol–water partition coefficient (Wildman–Crippen LogP) is -1.03. The number of aliphatic hydroxyl groups is 2. The summed E-state index contributed by atoms with van der Waals surface area (Å²) in [6.45, 7) is -0.250. The summed E-state index contributed by atoms with van der Waals surface area (Å²) in [4.78, 5) is 0. The molecule has 2 N–H and O–H groups in total. The van der Waals surface area contributed by atoms with Gasteiger partial charge in [0, 0.05) is 0 Å². The van der Waals surface area contributed by atoms with Crippen LogP contribution in [0, 0.1) is 0 Å². The van der Waals surface area contributed by atoms with Crippen molar-refractivity contribution in [1.82, 2.24) is 0 Å². The Morgan fingerprint density at radius 2 is 1.20 bits per heavy atom. The molecule has 0 spiro atoms. The molecule has 0 radical (unpaired) electrons. The van der Waals surface area contributed by atoms with Gasteiger partial charge in [0.25, 0.3) is 0 Å². The normalized spacial score (nSPS) is 6.00. The molecule has 28 valence electrons. The average Bonchev–Trinajstić information content (AvgIpc) is 1.37.